The largest absolute Gasteiger partial charge is 0.384 e. The number of aryl methyl sites for hydroxylation is 2. The number of pyridine rings is 1. The van der Waals surface area contributed by atoms with Gasteiger partial charge in [-0.15, -0.1) is 4.59 Å². The number of anilines is 1. The Hall–Kier alpha value is -3.05. The van der Waals surface area contributed by atoms with Crippen molar-refractivity contribution >= 4 is 29.3 Å². The molecule has 1 unspecified atom stereocenters. The molecule has 0 bridgehead atoms. The Bertz CT molecular complexity index is 1000. The SMILES string of the molecule is Cc1cc(N)nc(C)c1C[N+]1(Cc2ccc3ccccc3c2)C=NC=N1. The van der Waals surface area contributed by atoms with Crippen molar-refractivity contribution in [1.29, 1.82) is 0 Å². The van der Waals surface area contributed by atoms with Gasteiger partial charge in [-0.3, -0.25) is 0 Å². The number of nitrogens with zero attached hydrogens (tertiary/aromatic N) is 4. The van der Waals surface area contributed by atoms with E-state index in [1.165, 1.54) is 21.9 Å². The van der Waals surface area contributed by atoms with Crippen molar-refractivity contribution < 1.29 is 4.59 Å². The van der Waals surface area contributed by atoms with Crippen molar-refractivity contribution in [3.05, 3.63) is 70.9 Å². The number of nitrogens with two attached hydrogens (primary N) is 1. The number of quaternary nitrogens is 1. The number of rotatable bonds is 4. The predicted molar refractivity (Wildman–Crippen MR) is 107 cm³/mol. The molecule has 2 N–H and O–H groups in total. The molecule has 0 fully saturated rings. The molecule has 1 aliphatic heterocycles. The quantitative estimate of drug-likeness (QED) is 0.729. The first-order valence-corrected chi connectivity index (χ1v) is 8.70. The first-order chi connectivity index (χ1) is 12.5. The summed E-state index contributed by atoms with van der Waals surface area (Å²) in [7, 11) is 0. The van der Waals surface area contributed by atoms with Gasteiger partial charge in [-0.05, 0) is 42.3 Å². The summed E-state index contributed by atoms with van der Waals surface area (Å²) in [4.78, 5) is 8.71. The molecule has 3 aromatic rings. The van der Waals surface area contributed by atoms with Gasteiger partial charge < -0.3 is 5.73 Å². The molecule has 130 valence electrons. The van der Waals surface area contributed by atoms with Gasteiger partial charge in [0.05, 0.1) is 0 Å². The monoisotopic (exact) mass is 344 g/mol. The number of aromatic nitrogens is 1. The maximum Gasteiger partial charge on any atom is 0.219 e. The molecule has 0 aliphatic carbocycles. The van der Waals surface area contributed by atoms with Crippen molar-refractivity contribution in [3.63, 3.8) is 0 Å². The maximum absolute atomic E-state index is 5.87. The summed E-state index contributed by atoms with van der Waals surface area (Å²) in [6.07, 6.45) is 3.54. The lowest BCUT2D eigenvalue weighted by atomic mass is 10.0. The van der Waals surface area contributed by atoms with E-state index in [1.54, 1.807) is 6.34 Å². The highest BCUT2D eigenvalue weighted by atomic mass is 15.6. The van der Waals surface area contributed by atoms with Crippen LogP contribution in [0.25, 0.3) is 10.8 Å². The molecular formula is C21H22N5+. The van der Waals surface area contributed by atoms with Crippen molar-refractivity contribution in [2.75, 3.05) is 5.73 Å². The molecule has 5 nitrogen and oxygen atoms in total. The number of nitrogen functional groups attached to an aromatic ring is 1. The van der Waals surface area contributed by atoms with Crippen molar-refractivity contribution in [3.8, 4) is 0 Å². The average molecular weight is 344 g/mol. The molecule has 5 heteroatoms. The summed E-state index contributed by atoms with van der Waals surface area (Å²) in [6.45, 7) is 5.53. The zero-order chi connectivity index (χ0) is 18.1. The van der Waals surface area contributed by atoms with Gasteiger partial charge in [-0.25, -0.2) is 4.98 Å². The van der Waals surface area contributed by atoms with Gasteiger partial charge in [0.2, 0.25) is 6.34 Å². The number of hydrogen-bond donors (Lipinski definition) is 1. The Kier molecular flexibility index (Phi) is 4.01. The van der Waals surface area contributed by atoms with Crippen molar-refractivity contribution in [2.24, 2.45) is 10.1 Å². The van der Waals surface area contributed by atoms with Crippen LogP contribution in [0, 0.1) is 13.8 Å². The van der Waals surface area contributed by atoms with E-state index in [9.17, 15) is 0 Å². The first kappa shape index (κ1) is 16.4. The Labute approximate surface area is 153 Å². The van der Waals surface area contributed by atoms with Gasteiger partial charge in [0.1, 0.15) is 18.9 Å². The third-order valence-electron chi connectivity index (χ3n) is 4.91. The minimum absolute atomic E-state index is 0.408. The first-order valence-electron chi connectivity index (χ1n) is 8.70. The van der Waals surface area contributed by atoms with Crippen molar-refractivity contribution in [2.45, 2.75) is 26.9 Å². The van der Waals surface area contributed by atoms with Gasteiger partial charge in [0.15, 0.2) is 6.34 Å². The summed E-state index contributed by atoms with van der Waals surface area (Å²) in [5.41, 5.74) is 10.4. The van der Waals surface area contributed by atoms with Crippen LogP contribution in [0.2, 0.25) is 0 Å². The van der Waals surface area contributed by atoms with E-state index in [2.05, 4.69) is 64.5 Å². The molecule has 1 aromatic heterocycles. The summed E-state index contributed by atoms with van der Waals surface area (Å²) >= 11 is 0. The highest BCUT2D eigenvalue weighted by Gasteiger charge is 2.31. The molecular weight excluding hydrogens is 322 g/mol. The van der Waals surface area contributed by atoms with Crippen LogP contribution in [0.15, 0.2) is 58.6 Å². The van der Waals surface area contributed by atoms with E-state index in [-0.39, 0.29) is 0 Å². The fourth-order valence-electron chi connectivity index (χ4n) is 3.59. The van der Waals surface area contributed by atoms with Gasteiger partial charge in [0.25, 0.3) is 0 Å². The van der Waals surface area contributed by atoms with Gasteiger partial charge in [-0.1, -0.05) is 41.5 Å². The third-order valence-corrected chi connectivity index (χ3v) is 4.91. The molecule has 2 aromatic carbocycles. The van der Waals surface area contributed by atoms with Gasteiger partial charge in [0, 0.05) is 16.8 Å². The second-order valence-corrected chi connectivity index (χ2v) is 6.91. The van der Waals surface area contributed by atoms with Crippen LogP contribution in [0.4, 0.5) is 5.82 Å². The zero-order valence-electron chi connectivity index (χ0n) is 15.1. The summed E-state index contributed by atoms with van der Waals surface area (Å²) in [5.74, 6) is 0.559. The lowest BCUT2D eigenvalue weighted by molar-refractivity contribution is -0.866. The Morgan fingerprint density at radius 2 is 1.77 bits per heavy atom. The number of hydrogen-bond acceptors (Lipinski definition) is 4. The third kappa shape index (κ3) is 3.09. The molecule has 0 saturated heterocycles. The fraction of sp³-hybridized carbons (Fsp3) is 0.190. The van der Waals surface area contributed by atoms with Crippen LogP contribution < -0.4 is 5.73 Å². The number of aliphatic imine (C=N–C) groups is 1. The van der Waals surface area contributed by atoms with Crippen LogP contribution in [-0.4, -0.2) is 22.3 Å². The van der Waals surface area contributed by atoms with Gasteiger partial charge >= 0.3 is 0 Å². The lowest BCUT2D eigenvalue weighted by Gasteiger charge is -2.26. The van der Waals surface area contributed by atoms with Crippen molar-refractivity contribution in [1.82, 2.24) is 4.98 Å². The van der Waals surface area contributed by atoms with E-state index < -0.39 is 0 Å². The van der Waals surface area contributed by atoms with Crippen LogP contribution in [0.1, 0.15) is 22.4 Å². The van der Waals surface area contributed by atoms with Crippen LogP contribution in [-0.2, 0) is 13.1 Å². The highest BCUT2D eigenvalue weighted by Crippen LogP contribution is 2.26. The molecule has 4 rings (SSSR count). The van der Waals surface area contributed by atoms with Crippen LogP contribution in [0.5, 0.6) is 0 Å². The number of benzene rings is 2. The van der Waals surface area contributed by atoms with E-state index in [0.29, 0.717) is 17.0 Å². The minimum Gasteiger partial charge on any atom is -0.384 e. The summed E-state index contributed by atoms with van der Waals surface area (Å²) < 4.78 is 0.408. The Morgan fingerprint density at radius 3 is 2.50 bits per heavy atom. The maximum atomic E-state index is 5.87. The normalized spacial score (nSPS) is 18.7. The highest BCUT2D eigenvalue weighted by molar-refractivity contribution is 5.83. The summed E-state index contributed by atoms with van der Waals surface area (Å²) in [5, 5.41) is 7.16. The molecule has 0 amide bonds. The van der Waals surface area contributed by atoms with Crippen LogP contribution >= 0.6 is 0 Å². The van der Waals surface area contributed by atoms with E-state index >= 15 is 0 Å². The Morgan fingerprint density at radius 1 is 0.962 bits per heavy atom. The standard InChI is InChI=1S/C21H22N5/c1-15-9-21(22)25-16(2)20(15)12-26(14-23-13-24-26)11-17-7-8-18-5-3-4-6-19(18)10-17/h3-10,13-14H,11-12H2,1-2H3,(H2,22,25)/q+1. The molecule has 0 radical (unpaired) electrons. The predicted octanol–water partition coefficient (Wildman–Crippen LogP) is 3.94. The van der Waals surface area contributed by atoms with E-state index in [1.807, 2.05) is 19.3 Å². The molecule has 1 atom stereocenters. The minimum atomic E-state index is 0.408. The summed E-state index contributed by atoms with van der Waals surface area (Å²) in [6, 6.07) is 16.9. The molecule has 2 heterocycles. The average Bonchev–Trinajstić information content (AvgIpc) is 3.06. The van der Waals surface area contributed by atoms with E-state index in [4.69, 9.17) is 5.73 Å². The van der Waals surface area contributed by atoms with E-state index in [0.717, 1.165) is 17.8 Å². The molecule has 26 heavy (non-hydrogen) atoms. The van der Waals surface area contributed by atoms with Gasteiger partial charge in [-0.2, -0.15) is 4.99 Å². The molecule has 0 saturated carbocycles. The zero-order valence-corrected chi connectivity index (χ0v) is 15.1. The molecule has 1 aliphatic rings. The Balaban J connectivity index is 1.69. The van der Waals surface area contributed by atoms with Crippen LogP contribution in [0.3, 0.4) is 0 Å². The second-order valence-electron chi connectivity index (χ2n) is 6.91. The number of fused-ring (bicyclic) bond motifs is 1. The smallest absolute Gasteiger partial charge is 0.219 e. The second kappa shape index (κ2) is 6.35. The lowest BCUT2D eigenvalue weighted by Crippen LogP contribution is -2.38. The topological polar surface area (TPSA) is 63.6 Å². The molecule has 0 spiro atoms. The fourth-order valence-corrected chi connectivity index (χ4v) is 3.59.